The lowest BCUT2D eigenvalue weighted by molar-refractivity contribution is -0.128. The number of halogens is 2. The van der Waals surface area contributed by atoms with E-state index in [1.54, 1.807) is 11.8 Å². The van der Waals surface area contributed by atoms with Crippen LogP contribution < -0.4 is 5.32 Å². The van der Waals surface area contributed by atoms with Crippen LogP contribution >= 0.6 is 35.0 Å². The third kappa shape index (κ3) is 5.82. The number of carbonyl (C=O) groups excluding carboxylic acids is 1. The molecule has 5 nitrogen and oxygen atoms in total. The van der Waals surface area contributed by atoms with E-state index in [1.165, 1.54) is 11.1 Å². The van der Waals surface area contributed by atoms with Gasteiger partial charge in [-0.25, -0.2) is 0 Å². The van der Waals surface area contributed by atoms with Crippen molar-refractivity contribution in [1.29, 1.82) is 0 Å². The molecule has 0 atom stereocenters. The number of benzene rings is 2. The van der Waals surface area contributed by atoms with E-state index in [-0.39, 0.29) is 18.3 Å². The van der Waals surface area contributed by atoms with Gasteiger partial charge in [-0.05, 0) is 51.0 Å². The summed E-state index contributed by atoms with van der Waals surface area (Å²) in [5.74, 6) is 1.49. The van der Waals surface area contributed by atoms with Crippen LogP contribution in [0.5, 0.6) is 0 Å². The zero-order valence-corrected chi connectivity index (χ0v) is 20.4. The fourth-order valence-corrected chi connectivity index (χ4v) is 4.18. The summed E-state index contributed by atoms with van der Waals surface area (Å²) in [4.78, 5) is 12.5. The van der Waals surface area contributed by atoms with Crippen LogP contribution in [0.2, 0.25) is 5.02 Å². The Morgan fingerprint density at radius 2 is 1.94 bits per heavy atom. The summed E-state index contributed by atoms with van der Waals surface area (Å²) in [6.45, 7) is 7.95. The van der Waals surface area contributed by atoms with Crippen molar-refractivity contribution >= 4 is 40.9 Å². The van der Waals surface area contributed by atoms with Crippen LogP contribution in [0, 0.1) is 19.3 Å². The van der Waals surface area contributed by atoms with Gasteiger partial charge in [0.2, 0.25) is 5.91 Å². The van der Waals surface area contributed by atoms with Crippen LogP contribution in [-0.2, 0) is 17.1 Å². The molecule has 0 saturated carbocycles. The predicted molar refractivity (Wildman–Crippen MR) is 128 cm³/mol. The summed E-state index contributed by atoms with van der Waals surface area (Å²) < 4.78 is 1.97. The van der Waals surface area contributed by atoms with Crippen LogP contribution in [0.3, 0.4) is 0 Å². The lowest BCUT2D eigenvalue weighted by Gasteiger charge is -2.20. The average Bonchev–Trinajstić information content (AvgIpc) is 3.14. The van der Waals surface area contributed by atoms with Crippen molar-refractivity contribution < 1.29 is 4.79 Å². The van der Waals surface area contributed by atoms with Crippen LogP contribution in [0.25, 0.3) is 5.69 Å². The van der Waals surface area contributed by atoms with Crippen molar-refractivity contribution in [2.45, 2.75) is 45.1 Å². The second-order valence-electron chi connectivity index (χ2n) is 8.14. The number of nitrogens with zero attached hydrogens (tertiary/aromatic N) is 3. The average molecular weight is 477 g/mol. The van der Waals surface area contributed by atoms with Gasteiger partial charge in [0, 0.05) is 16.7 Å². The first-order chi connectivity index (χ1) is 14.7. The van der Waals surface area contributed by atoms with Gasteiger partial charge in [-0.3, -0.25) is 9.36 Å². The molecule has 164 valence electrons. The summed E-state index contributed by atoms with van der Waals surface area (Å²) in [6, 6.07) is 14.1. The molecule has 0 bridgehead atoms. The molecule has 1 aromatic heterocycles. The lowest BCUT2D eigenvalue weighted by Crippen LogP contribution is -2.38. The fraction of sp³-hybridized carbons (Fsp3) is 0.348. The molecule has 0 saturated heterocycles. The summed E-state index contributed by atoms with van der Waals surface area (Å²) in [7, 11) is 0. The highest BCUT2D eigenvalue weighted by Gasteiger charge is 2.27. The third-order valence-electron chi connectivity index (χ3n) is 4.92. The first-order valence-electron chi connectivity index (χ1n) is 9.94. The van der Waals surface area contributed by atoms with Crippen molar-refractivity contribution in [2.75, 3.05) is 5.88 Å². The van der Waals surface area contributed by atoms with E-state index in [0.29, 0.717) is 10.8 Å². The number of carbonyl (C=O) groups is 1. The first kappa shape index (κ1) is 23.6. The molecule has 0 aliphatic rings. The summed E-state index contributed by atoms with van der Waals surface area (Å²) >= 11 is 13.8. The first-order valence-corrected chi connectivity index (χ1v) is 11.8. The van der Waals surface area contributed by atoms with Gasteiger partial charge in [0.05, 0.1) is 17.6 Å². The van der Waals surface area contributed by atoms with E-state index >= 15 is 0 Å². The van der Waals surface area contributed by atoms with E-state index in [2.05, 4.69) is 46.7 Å². The standard InChI is InChI=1S/C23H26Cl2N4OS/c1-15-6-5-7-17(10-15)13-31-22-28-27-20(12-26-21(30)23(3,4)14-24)29(22)19-11-18(25)9-8-16(19)2/h5-11H,12-14H2,1-4H3,(H,26,30). The molecule has 3 aromatic rings. The number of hydrogen-bond acceptors (Lipinski definition) is 4. The monoisotopic (exact) mass is 476 g/mol. The number of alkyl halides is 1. The number of aromatic nitrogens is 3. The van der Waals surface area contributed by atoms with Crippen LogP contribution in [-0.4, -0.2) is 26.6 Å². The van der Waals surface area contributed by atoms with Gasteiger partial charge in [-0.2, -0.15) is 0 Å². The molecule has 8 heteroatoms. The SMILES string of the molecule is Cc1cccc(CSc2nnc(CNC(=O)C(C)(C)CCl)n2-c2cc(Cl)ccc2C)c1. The highest BCUT2D eigenvalue weighted by molar-refractivity contribution is 7.98. The minimum Gasteiger partial charge on any atom is -0.348 e. The molecule has 3 rings (SSSR count). The maximum absolute atomic E-state index is 12.5. The van der Waals surface area contributed by atoms with Crippen molar-refractivity contribution in [3.8, 4) is 5.69 Å². The Kier molecular flexibility index (Phi) is 7.68. The zero-order chi connectivity index (χ0) is 22.6. The molecule has 0 radical (unpaired) electrons. The highest BCUT2D eigenvalue weighted by atomic mass is 35.5. The van der Waals surface area contributed by atoms with Crippen molar-refractivity contribution in [3.05, 3.63) is 70.0 Å². The second kappa shape index (κ2) is 10.1. The van der Waals surface area contributed by atoms with Gasteiger partial charge in [0.15, 0.2) is 11.0 Å². The Labute approximate surface area is 197 Å². The zero-order valence-electron chi connectivity index (χ0n) is 18.1. The minimum absolute atomic E-state index is 0.131. The lowest BCUT2D eigenvalue weighted by atomic mass is 9.95. The molecular weight excluding hydrogens is 451 g/mol. The van der Waals surface area contributed by atoms with E-state index in [9.17, 15) is 4.79 Å². The van der Waals surface area contributed by atoms with E-state index in [0.717, 1.165) is 22.2 Å². The van der Waals surface area contributed by atoms with E-state index < -0.39 is 5.41 Å². The summed E-state index contributed by atoms with van der Waals surface area (Å²) in [5.41, 5.74) is 3.69. The van der Waals surface area contributed by atoms with Gasteiger partial charge in [0.1, 0.15) is 0 Å². The van der Waals surface area contributed by atoms with E-state index in [4.69, 9.17) is 23.2 Å². The molecule has 0 fully saturated rings. The number of aryl methyl sites for hydroxylation is 2. The Bertz CT molecular complexity index is 1080. The highest BCUT2D eigenvalue weighted by Crippen LogP contribution is 2.29. The normalized spacial score (nSPS) is 11.5. The Morgan fingerprint density at radius 3 is 2.65 bits per heavy atom. The Morgan fingerprint density at radius 1 is 1.16 bits per heavy atom. The van der Waals surface area contributed by atoms with Gasteiger partial charge < -0.3 is 5.32 Å². The molecule has 1 amide bonds. The quantitative estimate of drug-likeness (QED) is 0.334. The van der Waals surface area contributed by atoms with Crippen molar-refractivity contribution in [2.24, 2.45) is 5.41 Å². The van der Waals surface area contributed by atoms with Crippen LogP contribution in [0.4, 0.5) is 0 Å². The van der Waals surface area contributed by atoms with Crippen molar-refractivity contribution in [1.82, 2.24) is 20.1 Å². The molecule has 0 unspecified atom stereocenters. The Balaban J connectivity index is 1.92. The molecule has 1 N–H and O–H groups in total. The topological polar surface area (TPSA) is 59.8 Å². The second-order valence-corrected chi connectivity index (χ2v) is 9.79. The summed E-state index contributed by atoms with van der Waals surface area (Å²) in [6.07, 6.45) is 0. The number of rotatable bonds is 8. The number of thioether (sulfide) groups is 1. The fourth-order valence-electron chi connectivity index (χ4n) is 2.98. The molecule has 1 heterocycles. The van der Waals surface area contributed by atoms with E-state index in [1.807, 2.05) is 43.5 Å². The largest absolute Gasteiger partial charge is 0.348 e. The number of hydrogen-bond donors (Lipinski definition) is 1. The van der Waals surface area contributed by atoms with Crippen LogP contribution in [0.15, 0.2) is 47.6 Å². The number of amides is 1. The maximum Gasteiger partial charge on any atom is 0.227 e. The predicted octanol–water partition coefficient (Wildman–Crippen LogP) is 5.71. The smallest absolute Gasteiger partial charge is 0.227 e. The summed E-state index contributed by atoms with van der Waals surface area (Å²) in [5, 5.41) is 13.1. The maximum atomic E-state index is 12.5. The molecule has 0 aliphatic heterocycles. The molecule has 0 spiro atoms. The molecule has 0 aliphatic carbocycles. The van der Waals surface area contributed by atoms with Gasteiger partial charge in [0.25, 0.3) is 0 Å². The third-order valence-corrected chi connectivity index (χ3v) is 6.82. The molecule has 31 heavy (non-hydrogen) atoms. The van der Waals surface area contributed by atoms with Gasteiger partial charge in [-0.1, -0.05) is 59.3 Å². The van der Waals surface area contributed by atoms with Gasteiger partial charge in [-0.15, -0.1) is 21.8 Å². The van der Waals surface area contributed by atoms with Gasteiger partial charge >= 0.3 is 0 Å². The van der Waals surface area contributed by atoms with Crippen LogP contribution in [0.1, 0.15) is 36.4 Å². The molecule has 2 aromatic carbocycles. The van der Waals surface area contributed by atoms with Crippen molar-refractivity contribution in [3.63, 3.8) is 0 Å². The molecular formula is C23H26Cl2N4OS. The number of nitrogens with one attached hydrogen (secondary N) is 1. The Hall–Kier alpha value is -2.02. The minimum atomic E-state index is -0.666.